The summed E-state index contributed by atoms with van der Waals surface area (Å²) in [6, 6.07) is 8.57. The molecule has 2 atom stereocenters. The van der Waals surface area contributed by atoms with Crippen molar-refractivity contribution >= 4 is 5.91 Å². The van der Waals surface area contributed by atoms with Crippen LogP contribution in [0.15, 0.2) is 24.3 Å². The molecule has 18 heavy (non-hydrogen) atoms. The lowest BCUT2D eigenvalue weighted by Gasteiger charge is -2.26. The highest BCUT2D eigenvalue weighted by molar-refractivity contribution is 5.78. The summed E-state index contributed by atoms with van der Waals surface area (Å²) in [6.07, 6.45) is 3.54. The number of amides is 1. The van der Waals surface area contributed by atoms with Gasteiger partial charge in [0.15, 0.2) is 0 Å². The summed E-state index contributed by atoms with van der Waals surface area (Å²) in [7, 11) is 0. The van der Waals surface area contributed by atoms with Crippen molar-refractivity contribution in [3.8, 4) is 0 Å². The maximum Gasteiger partial charge on any atom is 0.224 e. The first-order chi connectivity index (χ1) is 8.72. The van der Waals surface area contributed by atoms with Gasteiger partial charge in [-0.1, -0.05) is 31.2 Å². The van der Waals surface area contributed by atoms with Crippen molar-refractivity contribution in [1.82, 2.24) is 5.32 Å². The Kier molecular flexibility index (Phi) is 4.37. The first-order valence-electron chi connectivity index (χ1n) is 6.78. The summed E-state index contributed by atoms with van der Waals surface area (Å²) in [5.74, 6) is 0.438. The van der Waals surface area contributed by atoms with E-state index in [4.69, 9.17) is 5.73 Å². The van der Waals surface area contributed by atoms with E-state index in [1.54, 1.807) is 0 Å². The largest absolute Gasteiger partial charge is 0.355 e. The van der Waals surface area contributed by atoms with Gasteiger partial charge in [-0.25, -0.2) is 0 Å². The molecule has 0 aliphatic heterocycles. The van der Waals surface area contributed by atoms with Crippen LogP contribution in [0.3, 0.4) is 0 Å². The number of nitrogens with one attached hydrogen (secondary N) is 1. The molecule has 0 spiro atoms. The van der Waals surface area contributed by atoms with Gasteiger partial charge in [-0.05, 0) is 30.4 Å². The zero-order chi connectivity index (χ0) is 13.0. The molecule has 0 heterocycles. The summed E-state index contributed by atoms with van der Waals surface area (Å²) in [5, 5.41) is 3.03. The zero-order valence-electron chi connectivity index (χ0n) is 11.0. The van der Waals surface area contributed by atoms with Crippen LogP contribution in [0.5, 0.6) is 0 Å². The van der Waals surface area contributed by atoms with Crippen molar-refractivity contribution in [2.45, 2.75) is 32.1 Å². The van der Waals surface area contributed by atoms with E-state index < -0.39 is 0 Å². The first kappa shape index (κ1) is 13.1. The quantitative estimate of drug-likeness (QED) is 0.851. The van der Waals surface area contributed by atoms with E-state index in [0.29, 0.717) is 12.5 Å². The van der Waals surface area contributed by atoms with E-state index in [-0.39, 0.29) is 11.8 Å². The Hall–Kier alpha value is -1.35. The standard InChI is InChI=1S/C15H22N2O/c1-11(9-16)15(18)17-10-13-7-4-6-12-5-2-3-8-14(12)13/h2-3,5,8,11,13H,4,6-7,9-10,16H2,1H3,(H,17,18). The Morgan fingerprint density at radius 2 is 2.28 bits per heavy atom. The molecule has 3 nitrogen and oxygen atoms in total. The van der Waals surface area contributed by atoms with Gasteiger partial charge in [-0.2, -0.15) is 0 Å². The number of rotatable bonds is 4. The molecule has 3 heteroatoms. The molecule has 3 N–H and O–H groups in total. The van der Waals surface area contributed by atoms with Crippen LogP contribution in [0.1, 0.15) is 36.8 Å². The number of carbonyl (C=O) groups excluding carboxylic acids is 1. The van der Waals surface area contributed by atoms with Crippen molar-refractivity contribution in [3.63, 3.8) is 0 Å². The number of aryl methyl sites for hydroxylation is 1. The van der Waals surface area contributed by atoms with Gasteiger partial charge in [0.05, 0.1) is 0 Å². The second-order valence-corrected chi connectivity index (χ2v) is 5.17. The van der Waals surface area contributed by atoms with E-state index in [1.165, 1.54) is 24.0 Å². The fourth-order valence-corrected chi connectivity index (χ4v) is 2.57. The van der Waals surface area contributed by atoms with Crippen molar-refractivity contribution in [2.24, 2.45) is 11.7 Å². The minimum absolute atomic E-state index is 0.0700. The Morgan fingerprint density at radius 1 is 1.50 bits per heavy atom. The molecule has 0 aromatic heterocycles. The van der Waals surface area contributed by atoms with Gasteiger partial charge < -0.3 is 11.1 Å². The predicted octanol–water partition coefficient (Wildman–Crippen LogP) is 1.82. The highest BCUT2D eigenvalue weighted by Gasteiger charge is 2.20. The molecular formula is C15H22N2O. The SMILES string of the molecule is CC(CN)C(=O)NCC1CCCc2ccccc21. The van der Waals surface area contributed by atoms with Gasteiger partial charge in [0, 0.05) is 24.9 Å². The van der Waals surface area contributed by atoms with E-state index in [2.05, 4.69) is 29.6 Å². The molecule has 0 bridgehead atoms. The van der Waals surface area contributed by atoms with Crippen LogP contribution in [0.2, 0.25) is 0 Å². The third-order valence-electron chi connectivity index (χ3n) is 3.82. The molecule has 0 saturated heterocycles. The molecule has 2 rings (SSSR count). The summed E-state index contributed by atoms with van der Waals surface area (Å²) < 4.78 is 0. The molecule has 1 aromatic rings. The van der Waals surface area contributed by atoms with E-state index in [1.807, 2.05) is 6.92 Å². The minimum Gasteiger partial charge on any atom is -0.355 e. The van der Waals surface area contributed by atoms with Crippen LogP contribution < -0.4 is 11.1 Å². The normalized spacial score (nSPS) is 20.0. The molecule has 1 aromatic carbocycles. The van der Waals surface area contributed by atoms with Crippen LogP contribution in [-0.2, 0) is 11.2 Å². The molecule has 0 saturated carbocycles. The van der Waals surface area contributed by atoms with Crippen LogP contribution in [0.25, 0.3) is 0 Å². The van der Waals surface area contributed by atoms with E-state index in [9.17, 15) is 4.79 Å². The van der Waals surface area contributed by atoms with Gasteiger partial charge in [-0.3, -0.25) is 4.79 Å². The number of carbonyl (C=O) groups is 1. The van der Waals surface area contributed by atoms with Crippen molar-refractivity contribution in [1.29, 1.82) is 0 Å². The first-order valence-corrected chi connectivity index (χ1v) is 6.78. The van der Waals surface area contributed by atoms with Crippen LogP contribution in [0.4, 0.5) is 0 Å². The average molecular weight is 246 g/mol. The van der Waals surface area contributed by atoms with Gasteiger partial charge in [0.1, 0.15) is 0 Å². The number of fused-ring (bicyclic) bond motifs is 1. The second-order valence-electron chi connectivity index (χ2n) is 5.17. The Labute approximate surface area is 109 Å². The highest BCUT2D eigenvalue weighted by Crippen LogP contribution is 2.30. The predicted molar refractivity (Wildman–Crippen MR) is 73.3 cm³/mol. The van der Waals surface area contributed by atoms with Crippen LogP contribution in [-0.4, -0.2) is 19.0 Å². The van der Waals surface area contributed by atoms with Crippen molar-refractivity contribution < 1.29 is 4.79 Å². The number of benzene rings is 1. The molecule has 98 valence electrons. The van der Waals surface area contributed by atoms with E-state index >= 15 is 0 Å². The lowest BCUT2D eigenvalue weighted by atomic mass is 9.83. The van der Waals surface area contributed by atoms with Crippen LogP contribution in [0, 0.1) is 5.92 Å². The van der Waals surface area contributed by atoms with Gasteiger partial charge in [-0.15, -0.1) is 0 Å². The topological polar surface area (TPSA) is 55.1 Å². The summed E-state index contributed by atoms with van der Waals surface area (Å²) in [5.41, 5.74) is 8.34. The zero-order valence-corrected chi connectivity index (χ0v) is 11.0. The minimum atomic E-state index is -0.0937. The smallest absolute Gasteiger partial charge is 0.224 e. The monoisotopic (exact) mass is 246 g/mol. The third kappa shape index (κ3) is 2.91. The Morgan fingerprint density at radius 3 is 3.06 bits per heavy atom. The fourth-order valence-electron chi connectivity index (χ4n) is 2.57. The molecule has 0 radical (unpaired) electrons. The molecule has 2 unspecified atom stereocenters. The van der Waals surface area contributed by atoms with Crippen molar-refractivity contribution in [2.75, 3.05) is 13.1 Å². The summed E-state index contributed by atoms with van der Waals surface area (Å²) in [4.78, 5) is 11.7. The molecule has 1 aliphatic carbocycles. The van der Waals surface area contributed by atoms with Gasteiger partial charge in [0.2, 0.25) is 5.91 Å². The second kappa shape index (κ2) is 6.01. The lowest BCUT2D eigenvalue weighted by Crippen LogP contribution is -2.36. The van der Waals surface area contributed by atoms with Crippen molar-refractivity contribution in [3.05, 3.63) is 35.4 Å². The number of nitrogens with two attached hydrogens (primary N) is 1. The molecule has 1 aliphatic rings. The maximum absolute atomic E-state index is 11.7. The molecule has 0 fully saturated rings. The van der Waals surface area contributed by atoms with E-state index in [0.717, 1.165) is 13.0 Å². The maximum atomic E-state index is 11.7. The molecule has 1 amide bonds. The number of hydrogen-bond acceptors (Lipinski definition) is 2. The fraction of sp³-hybridized carbons (Fsp3) is 0.533. The van der Waals surface area contributed by atoms with Gasteiger partial charge in [0.25, 0.3) is 0 Å². The van der Waals surface area contributed by atoms with Crippen LogP contribution >= 0.6 is 0 Å². The molecular weight excluding hydrogens is 224 g/mol. The average Bonchev–Trinajstić information content (AvgIpc) is 2.43. The summed E-state index contributed by atoms with van der Waals surface area (Å²) >= 11 is 0. The van der Waals surface area contributed by atoms with Gasteiger partial charge >= 0.3 is 0 Å². The summed E-state index contributed by atoms with van der Waals surface area (Å²) in [6.45, 7) is 3.01. The third-order valence-corrected chi connectivity index (χ3v) is 3.82. The Bertz CT molecular complexity index is 417. The lowest BCUT2D eigenvalue weighted by molar-refractivity contribution is -0.124. The Balaban J connectivity index is 1.97. The number of hydrogen-bond donors (Lipinski definition) is 2. The highest BCUT2D eigenvalue weighted by atomic mass is 16.1.